The number of amides is 2. The number of hydrogen-bond donors (Lipinski definition) is 0. The predicted molar refractivity (Wildman–Crippen MR) is 120 cm³/mol. The average molecular weight is 457 g/mol. The van der Waals surface area contributed by atoms with Crippen LogP contribution in [-0.2, 0) is 20.9 Å². The van der Waals surface area contributed by atoms with E-state index in [0.717, 1.165) is 11.3 Å². The second-order valence-corrected chi connectivity index (χ2v) is 8.01. The highest BCUT2D eigenvalue weighted by molar-refractivity contribution is 5.94. The second kappa shape index (κ2) is 11.4. The van der Waals surface area contributed by atoms with Crippen molar-refractivity contribution in [2.45, 2.75) is 26.3 Å². The van der Waals surface area contributed by atoms with Gasteiger partial charge in [0.2, 0.25) is 0 Å². The van der Waals surface area contributed by atoms with E-state index in [0.29, 0.717) is 44.6 Å². The molecule has 0 saturated carbocycles. The summed E-state index contributed by atoms with van der Waals surface area (Å²) < 4.78 is 23.7. The molecule has 0 spiro atoms. The van der Waals surface area contributed by atoms with Crippen LogP contribution in [0.1, 0.15) is 35.7 Å². The molecule has 0 aliphatic carbocycles. The molecule has 2 amide bonds. The lowest BCUT2D eigenvalue weighted by atomic mass is 9.96. The van der Waals surface area contributed by atoms with Crippen LogP contribution < -0.4 is 4.74 Å². The Kier molecular flexibility index (Phi) is 8.40. The topological polar surface area (TPSA) is 76.2 Å². The Morgan fingerprint density at radius 2 is 1.67 bits per heavy atom. The number of halogens is 1. The maximum atomic E-state index is 13.1. The number of likely N-dealkylation sites (tertiary alicyclic amines) is 1. The van der Waals surface area contributed by atoms with Crippen LogP contribution in [0.3, 0.4) is 0 Å². The molecule has 1 aliphatic rings. The number of esters is 1. The highest BCUT2D eigenvalue weighted by Gasteiger charge is 2.29. The number of rotatable bonds is 8. The molecule has 0 unspecified atom stereocenters. The Bertz CT molecular complexity index is 954. The van der Waals surface area contributed by atoms with Crippen molar-refractivity contribution in [1.29, 1.82) is 0 Å². The Morgan fingerprint density at radius 3 is 2.27 bits per heavy atom. The molecule has 7 nitrogen and oxygen atoms in total. The molecule has 0 atom stereocenters. The van der Waals surface area contributed by atoms with Crippen LogP contribution in [0.15, 0.2) is 48.5 Å². The van der Waals surface area contributed by atoms with E-state index in [1.54, 1.807) is 11.9 Å². The van der Waals surface area contributed by atoms with Gasteiger partial charge >= 0.3 is 5.97 Å². The normalized spacial score (nSPS) is 14.0. The quantitative estimate of drug-likeness (QED) is 0.570. The van der Waals surface area contributed by atoms with Gasteiger partial charge in [0, 0.05) is 32.2 Å². The van der Waals surface area contributed by atoms with Crippen LogP contribution in [0.5, 0.6) is 5.75 Å². The largest absolute Gasteiger partial charge is 0.494 e. The number of hydrogen-bond acceptors (Lipinski definition) is 5. The fourth-order valence-electron chi connectivity index (χ4n) is 3.67. The van der Waals surface area contributed by atoms with Crippen LogP contribution in [-0.4, -0.2) is 60.9 Å². The van der Waals surface area contributed by atoms with Gasteiger partial charge in [-0.25, -0.2) is 4.39 Å². The van der Waals surface area contributed by atoms with Crippen LogP contribution >= 0.6 is 0 Å². The van der Waals surface area contributed by atoms with Gasteiger partial charge < -0.3 is 19.3 Å². The third-order valence-electron chi connectivity index (χ3n) is 5.62. The first-order valence-corrected chi connectivity index (χ1v) is 11.0. The molecule has 8 heteroatoms. The van der Waals surface area contributed by atoms with Gasteiger partial charge in [-0.1, -0.05) is 12.1 Å². The number of carbonyl (C=O) groups excluding carboxylic acids is 3. The zero-order chi connectivity index (χ0) is 23.8. The lowest BCUT2D eigenvalue weighted by Gasteiger charge is -2.31. The zero-order valence-corrected chi connectivity index (χ0v) is 19.0. The van der Waals surface area contributed by atoms with Crippen molar-refractivity contribution in [1.82, 2.24) is 9.80 Å². The van der Waals surface area contributed by atoms with E-state index in [4.69, 9.17) is 9.47 Å². The molecule has 1 fully saturated rings. The molecule has 0 N–H and O–H groups in total. The summed E-state index contributed by atoms with van der Waals surface area (Å²) in [7, 11) is 1.66. The highest BCUT2D eigenvalue weighted by Crippen LogP contribution is 2.21. The van der Waals surface area contributed by atoms with Crippen LogP contribution in [0.4, 0.5) is 4.39 Å². The fourth-order valence-corrected chi connectivity index (χ4v) is 3.67. The second-order valence-electron chi connectivity index (χ2n) is 8.01. The molecule has 2 aromatic rings. The van der Waals surface area contributed by atoms with E-state index in [2.05, 4.69) is 0 Å². The summed E-state index contributed by atoms with van der Waals surface area (Å²) in [4.78, 5) is 40.4. The van der Waals surface area contributed by atoms with E-state index < -0.39 is 11.8 Å². The zero-order valence-electron chi connectivity index (χ0n) is 19.0. The minimum atomic E-state index is -0.424. The molecule has 3 rings (SSSR count). The molecule has 2 aromatic carbocycles. The Labute approximate surface area is 193 Å². The maximum absolute atomic E-state index is 13.1. The molecular formula is C25H29FN2O5. The Hall–Kier alpha value is -3.42. The summed E-state index contributed by atoms with van der Waals surface area (Å²) in [6.45, 7) is 3.39. The number of ether oxygens (including phenoxy) is 2. The molecular weight excluding hydrogens is 427 g/mol. The summed E-state index contributed by atoms with van der Waals surface area (Å²) in [5.74, 6) is -0.880. The molecule has 33 heavy (non-hydrogen) atoms. The van der Waals surface area contributed by atoms with Crippen molar-refractivity contribution in [3.8, 4) is 5.75 Å². The highest BCUT2D eigenvalue weighted by atomic mass is 19.1. The van der Waals surface area contributed by atoms with Crippen molar-refractivity contribution in [3.05, 3.63) is 65.5 Å². The van der Waals surface area contributed by atoms with Gasteiger partial charge in [0.1, 0.15) is 11.6 Å². The third-order valence-corrected chi connectivity index (χ3v) is 5.62. The molecule has 1 heterocycles. The summed E-state index contributed by atoms with van der Waals surface area (Å²) in [5.41, 5.74) is 1.36. The minimum Gasteiger partial charge on any atom is -0.494 e. The minimum absolute atomic E-state index is 0.187. The summed E-state index contributed by atoms with van der Waals surface area (Å²) in [5, 5.41) is 0. The average Bonchev–Trinajstić information content (AvgIpc) is 2.83. The van der Waals surface area contributed by atoms with Crippen LogP contribution in [0.2, 0.25) is 0 Å². The van der Waals surface area contributed by atoms with Crippen molar-refractivity contribution >= 4 is 17.8 Å². The molecule has 1 aliphatic heterocycles. The van der Waals surface area contributed by atoms with Gasteiger partial charge in [0.15, 0.2) is 6.61 Å². The van der Waals surface area contributed by atoms with Crippen molar-refractivity contribution in [3.63, 3.8) is 0 Å². The van der Waals surface area contributed by atoms with E-state index in [1.807, 2.05) is 31.2 Å². The van der Waals surface area contributed by atoms with Gasteiger partial charge in [-0.3, -0.25) is 14.4 Å². The van der Waals surface area contributed by atoms with Crippen molar-refractivity contribution in [2.75, 3.05) is 33.4 Å². The van der Waals surface area contributed by atoms with Gasteiger partial charge in [0.25, 0.3) is 11.8 Å². The number of likely N-dealkylation sites (N-methyl/N-ethyl adjacent to an activating group) is 1. The Balaban J connectivity index is 1.41. The lowest BCUT2D eigenvalue weighted by molar-refractivity contribution is -0.156. The third kappa shape index (κ3) is 6.78. The van der Waals surface area contributed by atoms with Crippen molar-refractivity contribution in [2.24, 2.45) is 5.92 Å². The van der Waals surface area contributed by atoms with Gasteiger partial charge in [-0.2, -0.15) is 0 Å². The van der Waals surface area contributed by atoms with Gasteiger partial charge in [-0.15, -0.1) is 0 Å². The lowest BCUT2D eigenvalue weighted by Crippen LogP contribution is -2.41. The summed E-state index contributed by atoms with van der Waals surface area (Å²) >= 11 is 0. The SMILES string of the molecule is CCOc1ccc(CN(C)C(=O)COC(=O)C2CCN(C(=O)c3ccc(F)cc3)CC2)cc1. The molecule has 0 bridgehead atoms. The van der Waals surface area contributed by atoms with E-state index in [9.17, 15) is 18.8 Å². The van der Waals surface area contributed by atoms with Gasteiger partial charge in [0.05, 0.1) is 12.5 Å². The van der Waals surface area contributed by atoms with Gasteiger partial charge in [-0.05, 0) is 61.7 Å². The molecule has 0 radical (unpaired) electrons. The number of carbonyl (C=O) groups is 3. The summed E-state index contributed by atoms with van der Waals surface area (Å²) in [6, 6.07) is 12.9. The van der Waals surface area contributed by atoms with E-state index in [-0.39, 0.29) is 24.3 Å². The molecule has 0 aromatic heterocycles. The standard InChI is InChI=1S/C25H29FN2O5/c1-3-32-22-10-4-18(5-11-22)16-27(2)23(29)17-33-25(31)20-12-14-28(15-13-20)24(30)19-6-8-21(26)9-7-19/h4-11,20H,3,12-17H2,1-2H3. The first kappa shape index (κ1) is 24.2. The van der Waals surface area contributed by atoms with E-state index >= 15 is 0 Å². The smallest absolute Gasteiger partial charge is 0.309 e. The predicted octanol–water partition coefficient (Wildman–Crippen LogP) is 3.28. The maximum Gasteiger partial charge on any atom is 0.309 e. The number of benzene rings is 2. The number of nitrogens with zero attached hydrogens (tertiary/aromatic N) is 2. The first-order chi connectivity index (χ1) is 15.9. The van der Waals surface area contributed by atoms with E-state index in [1.165, 1.54) is 29.2 Å². The number of piperidine rings is 1. The molecule has 1 saturated heterocycles. The summed E-state index contributed by atoms with van der Waals surface area (Å²) in [6.07, 6.45) is 0.921. The van der Waals surface area contributed by atoms with Crippen LogP contribution in [0.25, 0.3) is 0 Å². The van der Waals surface area contributed by atoms with Crippen LogP contribution in [0, 0.1) is 11.7 Å². The van der Waals surface area contributed by atoms with Crippen molar-refractivity contribution < 1.29 is 28.2 Å². The first-order valence-electron chi connectivity index (χ1n) is 11.0. The fraction of sp³-hybridized carbons (Fsp3) is 0.400. The monoisotopic (exact) mass is 456 g/mol. The Morgan fingerprint density at radius 1 is 1.03 bits per heavy atom. The molecule has 176 valence electrons.